The molecule has 0 saturated carbocycles. The van der Waals surface area contributed by atoms with Crippen LogP contribution in [0.5, 0.6) is 0 Å². The highest BCUT2D eigenvalue weighted by molar-refractivity contribution is 7.18. The molecule has 0 fully saturated rings. The minimum atomic E-state index is -0.0198. The quantitative estimate of drug-likeness (QED) is 0.783. The number of benzene rings is 1. The first-order valence-electron chi connectivity index (χ1n) is 5.83. The summed E-state index contributed by atoms with van der Waals surface area (Å²) in [6.45, 7) is 0. The molecule has 2 aromatic heterocycles. The first-order valence-corrected chi connectivity index (χ1v) is 6.64. The normalized spacial score (nSPS) is 12.7. The highest BCUT2D eigenvalue weighted by atomic mass is 32.1. The van der Waals surface area contributed by atoms with Crippen LogP contribution in [0.1, 0.15) is 16.6 Å². The van der Waals surface area contributed by atoms with Crippen molar-refractivity contribution >= 4 is 21.6 Å². The number of nitrogens with two attached hydrogens (primary N) is 1. The largest absolute Gasteiger partial charge is 0.324 e. The van der Waals surface area contributed by atoms with Gasteiger partial charge < -0.3 is 5.73 Å². The number of thiazole rings is 1. The Morgan fingerprint density at radius 3 is 2.67 bits per heavy atom. The fourth-order valence-corrected chi connectivity index (χ4v) is 2.95. The van der Waals surface area contributed by atoms with Crippen LogP contribution in [0.25, 0.3) is 10.2 Å². The van der Waals surface area contributed by atoms with E-state index in [-0.39, 0.29) is 6.04 Å². The lowest BCUT2D eigenvalue weighted by Crippen LogP contribution is -2.13. The molecule has 1 atom stereocenters. The fourth-order valence-electron chi connectivity index (χ4n) is 1.92. The molecule has 0 bridgehead atoms. The molecular weight excluding hydrogens is 242 g/mol. The maximum Gasteiger partial charge on any atom is 0.0957 e. The van der Waals surface area contributed by atoms with Crippen LogP contribution in [0.15, 0.2) is 48.8 Å². The van der Waals surface area contributed by atoms with Gasteiger partial charge in [0.15, 0.2) is 0 Å². The first kappa shape index (κ1) is 11.3. The third-order valence-electron chi connectivity index (χ3n) is 2.87. The van der Waals surface area contributed by atoms with Gasteiger partial charge in [-0.3, -0.25) is 4.98 Å². The summed E-state index contributed by atoms with van der Waals surface area (Å²) in [5.41, 5.74) is 8.34. The van der Waals surface area contributed by atoms with Gasteiger partial charge in [0.1, 0.15) is 0 Å². The molecule has 0 aliphatic heterocycles. The highest BCUT2D eigenvalue weighted by Gasteiger charge is 2.10. The van der Waals surface area contributed by atoms with Crippen LogP contribution in [-0.4, -0.2) is 9.97 Å². The second kappa shape index (κ2) is 4.84. The van der Waals surface area contributed by atoms with Gasteiger partial charge in [0, 0.05) is 24.9 Å². The number of para-hydroxylation sites is 1. The molecule has 3 nitrogen and oxygen atoms in total. The zero-order valence-electron chi connectivity index (χ0n) is 9.78. The van der Waals surface area contributed by atoms with E-state index in [0.29, 0.717) is 0 Å². The molecule has 2 N–H and O–H groups in total. The Hall–Kier alpha value is -1.78. The molecule has 18 heavy (non-hydrogen) atoms. The Bertz CT molecular complexity index is 615. The van der Waals surface area contributed by atoms with Crippen LogP contribution < -0.4 is 5.73 Å². The molecule has 0 radical (unpaired) electrons. The number of fused-ring (bicyclic) bond motifs is 1. The summed E-state index contributed by atoms with van der Waals surface area (Å²) in [6.07, 6.45) is 4.31. The lowest BCUT2D eigenvalue weighted by Gasteiger charge is -2.09. The van der Waals surface area contributed by atoms with Gasteiger partial charge in [0.2, 0.25) is 0 Å². The maximum absolute atomic E-state index is 6.19. The Morgan fingerprint density at radius 1 is 1.11 bits per heavy atom. The lowest BCUT2D eigenvalue weighted by atomic mass is 10.1. The van der Waals surface area contributed by atoms with Crippen molar-refractivity contribution in [1.82, 2.24) is 9.97 Å². The molecular formula is C14H13N3S. The van der Waals surface area contributed by atoms with Gasteiger partial charge in [-0.25, -0.2) is 4.98 Å². The number of hydrogen-bond donors (Lipinski definition) is 1. The molecule has 0 spiro atoms. The number of nitrogens with zero attached hydrogens (tertiary/aromatic N) is 2. The zero-order valence-corrected chi connectivity index (χ0v) is 10.6. The van der Waals surface area contributed by atoms with E-state index in [1.54, 1.807) is 23.7 Å². The van der Waals surface area contributed by atoms with E-state index in [0.717, 1.165) is 22.5 Å². The summed E-state index contributed by atoms with van der Waals surface area (Å²) >= 11 is 1.71. The Labute approximate surface area is 109 Å². The Kier molecular flexibility index (Phi) is 3.04. The van der Waals surface area contributed by atoms with Gasteiger partial charge in [-0.15, -0.1) is 11.3 Å². The van der Waals surface area contributed by atoms with E-state index < -0.39 is 0 Å². The van der Waals surface area contributed by atoms with E-state index in [1.807, 2.05) is 30.3 Å². The molecule has 0 aliphatic carbocycles. The summed E-state index contributed by atoms with van der Waals surface area (Å²) < 4.78 is 1.22. The van der Waals surface area contributed by atoms with Gasteiger partial charge in [-0.1, -0.05) is 12.1 Å². The minimum Gasteiger partial charge on any atom is -0.324 e. The third-order valence-corrected chi connectivity index (χ3v) is 3.93. The number of pyridine rings is 1. The molecule has 2 heterocycles. The maximum atomic E-state index is 6.19. The van der Waals surface area contributed by atoms with E-state index in [9.17, 15) is 0 Å². The van der Waals surface area contributed by atoms with E-state index in [1.165, 1.54) is 4.70 Å². The van der Waals surface area contributed by atoms with Crippen molar-refractivity contribution in [1.29, 1.82) is 0 Å². The molecule has 3 rings (SSSR count). The average Bonchev–Trinajstić information content (AvgIpc) is 2.82. The van der Waals surface area contributed by atoms with Crippen molar-refractivity contribution in [3.8, 4) is 0 Å². The van der Waals surface area contributed by atoms with Crippen molar-refractivity contribution < 1.29 is 0 Å². The molecule has 1 aromatic carbocycles. The van der Waals surface area contributed by atoms with Crippen LogP contribution in [0.4, 0.5) is 0 Å². The number of aromatic nitrogens is 2. The van der Waals surface area contributed by atoms with E-state index in [4.69, 9.17) is 5.73 Å². The van der Waals surface area contributed by atoms with Crippen molar-refractivity contribution in [2.45, 2.75) is 12.5 Å². The van der Waals surface area contributed by atoms with Crippen LogP contribution >= 0.6 is 11.3 Å². The molecule has 0 aliphatic rings. The summed E-state index contributed by atoms with van der Waals surface area (Å²) in [7, 11) is 0. The predicted molar refractivity (Wildman–Crippen MR) is 74.5 cm³/mol. The van der Waals surface area contributed by atoms with Crippen LogP contribution in [-0.2, 0) is 6.42 Å². The van der Waals surface area contributed by atoms with Crippen molar-refractivity contribution in [2.24, 2.45) is 5.73 Å². The van der Waals surface area contributed by atoms with Gasteiger partial charge >= 0.3 is 0 Å². The van der Waals surface area contributed by atoms with Crippen LogP contribution in [0, 0.1) is 0 Å². The molecule has 3 aromatic rings. The van der Waals surface area contributed by atoms with E-state index in [2.05, 4.69) is 16.0 Å². The van der Waals surface area contributed by atoms with Crippen molar-refractivity contribution in [2.75, 3.05) is 0 Å². The van der Waals surface area contributed by atoms with Crippen LogP contribution in [0.3, 0.4) is 0 Å². The van der Waals surface area contributed by atoms with Crippen molar-refractivity contribution in [3.05, 3.63) is 59.4 Å². The SMILES string of the molecule is NC(Cc1nc2ccccc2s1)c1ccncc1. The fraction of sp³-hybridized carbons (Fsp3) is 0.143. The minimum absolute atomic E-state index is 0.0198. The van der Waals surface area contributed by atoms with Crippen LogP contribution in [0.2, 0.25) is 0 Å². The molecule has 4 heteroatoms. The highest BCUT2D eigenvalue weighted by Crippen LogP contribution is 2.24. The summed E-state index contributed by atoms with van der Waals surface area (Å²) in [5.74, 6) is 0. The summed E-state index contributed by atoms with van der Waals surface area (Å²) in [6, 6.07) is 12.1. The van der Waals surface area contributed by atoms with Gasteiger partial charge in [-0.2, -0.15) is 0 Å². The topological polar surface area (TPSA) is 51.8 Å². The predicted octanol–water partition coefficient (Wildman–Crippen LogP) is 2.93. The van der Waals surface area contributed by atoms with Crippen molar-refractivity contribution in [3.63, 3.8) is 0 Å². The Morgan fingerprint density at radius 2 is 1.89 bits per heavy atom. The number of rotatable bonds is 3. The number of hydrogen-bond acceptors (Lipinski definition) is 4. The molecule has 1 unspecified atom stereocenters. The standard InChI is InChI=1S/C14H13N3S/c15-11(10-5-7-16-8-6-10)9-14-17-12-3-1-2-4-13(12)18-14/h1-8,11H,9,15H2. The zero-order chi connectivity index (χ0) is 12.4. The summed E-state index contributed by atoms with van der Waals surface area (Å²) in [4.78, 5) is 8.60. The lowest BCUT2D eigenvalue weighted by molar-refractivity contribution is 0.718. The van der Waals surface area contributed by atoms with Gasteiger partial charge in [0.05, 0.1) is 15.2 Å². The molecule has 0 saturated heterocycles. The van der Waals surface area contributed by atoms with Gasteiger partial charge in [-0.05, 0) is 29.8 Å². The molecule has 0 amide bonds. The average molecular weight is 255 g/mol. The Balaban J connectivity index is 1.84. The smallest absolute Gasteiger partial charge is 0.0957 e. The second-order valence-electron chi connectivity index (χ2n) is 4.17. The van der Waals surface area contributed by atoms with E-state index >= 15 is 0 Å². The third kappa shape index (κ3) is 2.25. The second-order valence-corrected chi connectivity index (χ2v) is 5.28. The monoisotopic (exact) mass is 255 g/mol. The first-order chi connectivity index (χ1) is 8.83. The van der Waals surface area contributed by atoms with Gasteiger partial charge in [0.25, 0.3) is 0 Å². The molecule has 90 valence electrons. The summed E-state index contributed by atoms with van der Waals surface area (Å²) in [5, 5.41) is 1.08.